The van der Waals surface area contributed by atoms with E-state index < -0.39 is 45.4 Å². The van der Waals surface area contributed by atoms with Crippen LogP contribution in [0.3, 0.4) is 0 Å². The van der Waals surface area contributed by atoms with Gasteiger partial charge in [-0.3, -0.25) is 9.59 Å². The third kappa shape index (κ3) is 5.47. The summed E-state index contributed by atoms with van der Waals surface area (Å²) in [7, 11) is 0. The van der Waals surface area contributed by atoms with Gasteiger partial charge in [0.1, 0.15) is 4.33 Å². The average Bonchev–Trinajstić information content (AvgIpc) is 3.36. The first kappa shape index (κ1) is 26.6. The fraction of sp³-hybridized carbons (Fsp3) is 0.136. The molecule has 0 aliphatic heterocycles. The maximum absolute atomic E-state index is 14.2. The molecule has 0 bridgehead atoms. The Morgan fingerprint density at radius 3 is 2.31 bits per heavy atom. The molecule has 1 aromatic heterocycles. The zero-order chi connectivity index (χ0) is 25.7. The monoisotopic (exact) mass is 689 g/mol. The minimum atomic E-state index is -1.40. The second-order valence-electron chi connectivity index (χ2n) is 7.55. The van der Waals surface area contributed by atoms with Crippen LogP contribution in [0.2, 0.25) is 15.1 Å². The van der Waals surface area contributed by atoms with Crippen molar-refractivity contribution in [2.24, 2.45) is 5.92 Å². The largest absolute Gasteiger partial charge is 0.326 e. The van der Waals surface area contributed by atoms with Gasteiger partial charge in [-0.25, -0.2) is 13.8 Å². The molecule has 35 heavy (non-hydrogen) atoms. The number of hydrogen-bond donors (Lipinski definition) is 2. The van der Waals surface area contributed by atoms with E-state index in [-0.39, 0.29) is 19.8 Å². The molecule has 182 valence electrons. The zero-order valence-electron chi connectivity index (χ0n) is 17.0. The van der Waals surface area contributed by atoms with Crippen molar-refractivity contribution in [3.8, 4) is 0 Å². The van der Waals surface area contributed by atoms with E-state index in [9.17, 15) is 18.4 Å². The van der Waals surface area contributed by atoms with E-state index in [0.29, 0.717) is 15.6 Å². The Morgan fingerprint density at radius 2 is 1.66 bits per heavy atom. The van der Waals surface area contributed by atoms with Crippen molar-refractivity contribution < 1.29 is 18.4 Å². The van der Waals surface area contributed by atoms with Gasteiger partial charge >= 0.3 is 0 Å². The number of rotatable bonds is 5. The molecule has 0 radical (unpaired) electrons. The molecule has 0 unspecified atom stereocenters. The third-order valence-electron chi connectivity index (χ3n) is 5.21. The van der Waals surface area contributed by atoms with Gasteiger partial charge in [0, 0.05) is 21.7 Å². The van der Waals surface area contributed by atoms with Gasteiger partial charge in [-0.1, -0.05) is 34.8 Å². The molecule has 1 saturated carbocycles. The van der Waals surface area contributed by atoms with Crippen molar-refractivity contribution in [1.82, 2.24) is 4.98 Å². The highest BCUT2D eigenvalue weighted by Gasteiger charge is 2.67. The summed E-state index contributed by atoms with van der Waals surface area (Å²) in [5, 5.41) is 5.67. The van der Waals surface area contributed by atoms with E-state index in [1.807, 2.05) is 0 Å². The Labute approximate surface area is 236 Å². The lowest BCUT2D eigenvalue weighted by atomic mass is 10.1. The van der Waals surface area contributed by atoms with Gasteiger partial charge in [0.2, 0.25) is 5.91 Å². The molecule has 13 heteroatoms. The summed E-state index contributed by atoms with van der Waals surface area (Å²) in [5.41, 5.74) is 0.736. The summed E-state index contributed by atoms with van der Waals surface area (Å²) in [6.45, 7) is 0. The molecule has 2 aromatic carbocycles. The van der Waals surface area contributed by atoms with Crippen molar-refractivity contribution in [2.45, 2.75) is 10.3 Å². The summed E-state index contributed by atoms with van der Waals surface area (Å²) in [4.78, 5) is 29.2. The van der Waals surface area contributed by atoms with E-state index in [1.165, 1.54) is 40.8 Å². The number of halogens is 8. The van der Waals surface area contributed by atoms with Crippen molar-refractivity contribution in [2.75, 3.05) is 10.6 Å². The van der Waals surface area contributed by atoms with Crippen LogP contribution in [0.25, 0.3) is 0 Å². The fourth-order valence-corrected chi connectivity index (χ4v) is 5.49. The number of aromatic nitrogens is 1. The maximum Gasteiger partial charge on any atom is 0.258 e. The summed E-state index contributed by atoms with van der Waals surface area (Å²) >= 11 is 32.4. The predicted octanol–water partition coefficient (Wildman–Crippen LogP) is 7.70. The second kappa shape index (κ2) is 10.1. The minimum Gasteiger partial charge on any atom is -0.326 e. The standard InChI is InChI=1S/C22H11Cl5F2IN3O2/c23-9-3-8(4-10(24)5-9)15-16(22(15,26)27)21(35)32-11-1-2-13(25)12(6-11)20(34)33-19-17(29)18(30)14(28)7-31-19/h1-7,15-16H,(H,32,35)(H,31,33,34)/t15-,16+/m1/s1. The van der Waals surface area contributed by atoms with Gasteiger partial charge in [0.25, 0.3) is 5.91 Å². The van der Waals surface area contributed by atoms with Gasteiger partial charge in [-0.2, -0.15) is 0 Å². The number of nitrogens with one attached hydrogen (secondary N) is 2. The van der Waals surface area contributed by atoms with Crippen LogP contribution in [0.15, 0.2) is 42.6 Å². The van der Waals surface area contributed by atoms with Gasteiger partial charge in [0.05, 0.1) is 26.3 Å². The van der Waals surface area contributed by atoms with Crippen LogP contribution in [0.4, 0.5) is 20.3 Å². The van der Waals surface area contributed by atoms with Crippen LogP contribution in [-0.2, 0) is 4.79 Å². The number of hydrogen-bond acceptors (Lipinski definition) is 3. The van der Waals surface area contributed by atoms with Crippen LogP contribution in [0.1, 0.15) is 21.8 Å². The smallest absolute Gasteiger partial charge is 0.258 e. The number of alkyl halides is 2. The third-order valence-corrected chi connectivity index (χ3v) is 7.90. The van der Waals surface area contributed by atoms with Crippen molar-refractivity contribution >= 4 is 104 Å². The number of anilines is 2. The molecule has 2 amide bonds. The highest BCUT2D eigenvalue weighted by molar-refractivity contribution is 14.1. The molecule has 5 nitrogen and oxygen atoms in total. The van der Waals surface area contributed by atoms with Gasteiger partial charge in [-0.15, -0.1) is 23.2 Å². The number of pyridine rings is 1. The molecule has 1 aliphatic carbocycles. The first-order valence-electron chi connectivity index (χ1n) is 9.65. The number of carbonyl (C=O) groups excluding carboxylic acids is 2. The zero-order valence-corrected chi connectivity index (χ0v) is 22.9. The maximum atomic E-state index is 14.2. The van der Waals surface area contributed by atoms with E-state index in [2.05, 4.69) is 15.6 Å². The molecule has 2 atom stereocenters. The molecule has 2 N–H and O–H groups in total. The SMILES string of the molecule is O=C(Nc1ncc(F)c(I)c1F)c1cc(NC(=O)[C@@H]2[C@@H](c3cc(Cl)cc(Cl)c3)C2(Cl)Cl)ccc1Cl. The van der Waals surface area contributed by atoms with E-state index >= 15 is 0 Å². The normalized spacial score (nSPS) is 18.2. The van der Waals surface area contributed by atoms with Crippen LogP contribution >= 0.6 is 80.6 Å². The molecular weight excluding hydrogens is 680 g/mol. The fourth-order valence-electron chi connectivity index (χ4n) is 3.52. The van der Waals surface area contributed by atoms with Gasteiger partial charge < -0.3 is 10.6 Å². The van der Waals surface area contributed by atoms with Crippen molar-refractivity contribution in [1.29, 1.82) is 0 Å². The van der Waals surface area contributed by atoms with Crippen molar-refractivity contribution in [3.05, 3.63) is 84.0 Å². The van der Waals surface area contributed by atoms with E-state index in [0.717, 1.165) is 6.20 Å². The first-order chi connectivity index (χ1) is 16.4. The molecule has 0 saturated heterocycles. The average molecular weight is 692 g/mol. The lowest BCUT2D eigenvalue weighted by molar-refractivity contribution is -0.117. The van der Waals surface area contributed by atoms with Gasteiger partial charge in [0.15, 0.2) is 17.5 Å². The molecule has 0 spiro atoms. The minimum absolute atomic E-state index is 0.0274. The highest BCUT2D eigenvalue weighted by atomic mass is 127. The molecule has 1 fully saturated rings. The number of benzene rings is 2. The molecule has 1 aliphatic rings. The summed E-state index contributed by atoms with van der Waals surface area (Å²) in [5.74, 6) is -5.08. The predicted molar refractivity (Wildman–Crippen MR) is 142 cm³/mol. The van der Waals surface area contributed by atoms with Crippen LogP contribution in [0.5, 0.6) is 0 Å². The Bertz CT molecular complexity index is 1350. The molecule has 4 rings (SSSR count). The lowest BCUT2D eigenvalue weighted by Gasteiger charge is -2.11. The van der Waals surface area contributed by atoms with E-state index in [4.69, 9.17) is 58.0 Å². The van der Waals surface area contributed by atoms with Crippen molar-refractivity contribution in [3.63, 3.8) is 0 Å². The van der Waals surface area contributed by atoms with Crippen LogP contribution in [-0.4, -0.2) is 21.1 Å². The molecule has 1 heterocycles. The lowest BCUT2D eigenvalue weighted by Crippen LogP contribution is -2.19. The summed E-state index contributed by atoms with van der Waals surface area (Å²) in [6.07, 6.45) is 0.780. The molecule has 3 aromatic rings. The Balaban J connectivity index is 1.52. The topological polar surface area (TPSA) is 71.1 Å². The molecular formula is C22H11Cl5F2IN3O2. The van der Waals surface area contributed by atoms with Gasteiger partial charge in [-0.05, 0) is 64.6 Å². The van der Waals surface area contributed by atoms with E-state index in [1.54, 1.807) is 18.2 Å². The summed E-state index contributed by atoms with van der Waals surface area (Å²) < 4.78 is 25.9. The highest BCUT2D eigenvalue weighted by Crippen LogP contribution is 2.65. The Morgan fingerprint density at radius 1 is 1.00 bits per heavy atom. The number of carbonyl (C=O) groups is 2. The Hall–Kier alpha value is -1.43. The van der Waals surface area contributed by atoms with Crippen LogP contribution in [0, 0.1) is 21.1 Å². The summed E-state index contributed by atoms with van der Waals surface area (Å²) in [6, 6.07) is 8.93. The first-order valence-corrected chi connectivity index (χ1v) is 12.6. The quantitative estimate of drug-likeness (QED) is 0.213. The Kier molecular flexibility index (Phi) is 7.72. The number of nitrogens with zero attached hydrogens (tertiary/aromatic N) is 1. The number of amides is 2. The van der Waals surface area contributed by atoms with Crippen LogP contribution < -0.4 is 10.6 Å². The second-order valence-corrected chi connectivity index (χ2v) is 11.4.